The number of hydrogen-bond donors (Lipinski definition) is 1. The van der Waals surface area contributed by atoms with E-state index in [1.54, 1.807) is 0 Å². The van der Waals surface area contributed by atoms with Crippen LogP contribution in [0.5, 0.6) is 5.75 Å². The topological polar surface area (TPSA) is 46.5 Å². The van der Waals surface area contributed by atoms with Crippen LogP contribution in [0.15, 0.2) is 72.8 Å². The Bertz CT molecular complexity index is 1040. The predicted molar refractivity (Wildman–Crippen MR) is 140 cm³/mol. The third-order valence-corrected chi connectivity index (χ3v) is 6.41. The zero-order valence-corrected chi connectivity index (χ0v) is 21.1. The van der Waals surface area contributed by atoms with Gasteiger partial charge >= 0.3 is 5.97 Å². The largest absolute Gasteiger partial charge is 0.490 e. The van der Waals surface area contributed by atoms with Crippen LogP contribution in [0.3, 0.4) is 0 Å². The first kappa shape index (κ1) is 24.3. The number of halogens is 2. The van der Waals surface area contributed by atoms with Crippen molar-refractivity contribution in [3.05, 3.63) is 104 Å². The number of aryl methyl sites for hydroxylation is 1. The Morgan fingerprint density at radius 1 is 1.06 bits per heavy atom. The van der Waals surface area contributed by atoms with Gasteiger partial charge in [-0.05, 0) is 112 Å². The summed E-state index contributed by atoms with van der Waals surface area (Å²) in [5, 5.41) is 9.87. The van der Waals surface area contributed by atoms with Crippen molar-refractivity contribution in [3.8, 4) is 5.75 Å². The van der Waals surface area contributed by atoms with E-state index in [2.05, 4.69) is 52.9 Å². The van der Waals surface area contributed by atoms with Crippen LogP contribution in [0.4, 0.5) is 0 Å². The minimum atomic E-state index is -0.771. The van der Waals surface area contributed by atoms with Crippen LogP contribution in [-0.4, -0.2) is 17.7 Å². The van der Waals surface area contributed by atoms with Crippen molar-refractivity contribution < 1.29 is 14.6 Å². The molecule has 3 rings (SSSR count). The highest BCUT2D eigenvalue weighted by molar-refractivity contribution is 14.1. The summed E-state index contributed by atoms with van der Waals surface area (Å²) in [7, 11) is 0. The van der Waals surface area contributed by atoms with Gasteiger partial charge < -0.3 is 9.84 Å². The van der Waals surface area contributed by atoms with Gasteiger partial charge in [-0.2, -0.15) is 0 Å². The summed E-state index contributed by atoms with van der Waals surface area (Å²) < 4.78 is 7.22. The van der Waals surface area contributed by atoms with Gasteiger partial charge in [-0.25, -0.2) is 0 Å². The molecule has 0 saturated heterocycles. The van der Waals surface area contributed by atoms with E-state index in [1.807, 2.05) is 56.3 Å². The van der Waals surface area contributed by atoms with Crippen molar-refractivity contribution in [2.45, 2.75) is 32.6 Å². The van der Waals surface area contributed by atoms with Gasteiger partial charge in [0.05, 0.1) is 6.42 Å². The van der Waals surface area contributed by atoms with Gasteiger partial charge in [0, 0.05) is 8.59 Å². The van der Waals surface area contributed by atoms with E-state index in [-0.39, 0.29) is 12.3 Å². The zero-order valence-electron chi connectivity index (χ0n) is 18.1. The van der Waals surface area contributed by atoms with E-state index < -0.39 is 5.97 Å². The molecule has 0 aliphatic rings. The van der Waals surface area contributed by atoms with E-state index in [4.69, 9.17) is 21.4 Å². The first-order valence-corrected chi connectivity index (χ1v) is 12.0. The van der Waals surface area contributed by atoms with E-state index >= 15 is 0 Å². The van der Waals surface area contributed by atoms with Crippen molar-refractivity contribution >= 4 is 45.7 Å². The molecule has 0 aromatic heterocycles. The molecule has 0 bridgehead atoms. The third kappa shape index (κ3) is 6.59. The summed E-state index contributed by atoms with van der Waals surface area (Å²) in [5.41, 5.74) is 5.39. The average molecular weight is 561 g/mol. The number of aliphatic carboxylic acids is 1. The normalized spacial score (nSPS) is 12.4. The standard InChI is InChI=1S/C27H26ClIO3/c1-3-19(17-27(30)31)25-13-12-24(16-18(25)2)32-15-14-26(20-4-8-22(28)9-5-20)21-6-10-23(29)11-7-21/h4-14,16,19H,3,15,17H2,1-2H3,(H,30,31)/b26-14-. The fourth-order valence-corrected chi connectivity index (χ4v) is 4.25. The lowest BCUT2D eigenvalue weighted by atomic mass is 9.90. The van der Waals surface area contributed by atoms with Gasteiger partial charge in [-0.1, -0.05) is 48.9 Å². The molecule has 0 aliphatic heterocycles. The minimum absolute atomic E-state index is 0.0128. The van der Waals surface area contributed by atoms with Gasteiger partial charge in [-0.15, -0.1) is 0 Å². The smallest absolute Gasteiger partial charge is 0.303 e. The monoisotopic (exact) mass is 560 g/mol. The molecule has 0 spiro atoms. The highest BCUT2D eigenvalue weighted by Crippen LogP contribution is 2.30. The molecule has 0 aliphatic carbocycles. The number of carboxylic acids is 1. The van der Waals surface area contributed by atoms with Crippen molar-refractivity contribution in [1.82, 2.24) is 0 Å². The van der Waals surface area contributed by atoms with Crippen LogP contribution in [0.1, 0.15) is 47.9 Å². The Morgan fingerprint density at radius 3 is 2.25 bits per heavy atom. The van der Waals surface area contributed by atoms with Crippen molar-refractivity contribution in [3.63, 3.8) is 0 Å². The van der Waals surface area contributed by atoms with Crippen molar-refractivity contribution in [2.24, 2.45) is 0 Å². The molecular formula is C27H26ClIO3. The molecule has 3 aromatic carbocycles. The molecule has 0 amide bonds. The minimum Gasteiger partial charge on any atom is -0.490 e. The quantitative estimate of drug-likeness (QED) is 0.272. The Balaban J connectivity index is 1.80. The van der Waals surface area contributed by atoms with E-state index in [0.717, 1.165) is 40.0 Å². The fraction of sp³-hybridized carbons (Fsp3) is 0.222. The lowest BCUT2D eigenvalue weighted by Gasteiger charge is -2.17. The van der Waals surface area contributed by atoms with Gasteiger partial charge in [0.25, 0.3) is 0 Å². The van der Waals surface area contributed by atoms with Crippen LogP contribution in [-0.2, 0) is 4.79 Å². The second kappa shape index (κ2) is 11.5. The van der Waals surface area contributed by atoms with Gasteiger partial charge in [0.15, 0.2) is 0 Å². The first-order chi connectivity index (χ1) is 15.4. The Kier molecular flexibility index (Phi) is 8.76. The average Bonchev–Trinajstić information content (AvgIpc) is 2.77. The number of carboxylic acid groups (broad SMARTS) is 1. The molecule has 0 radical (unpaired) electrons. The zero-order chi connectivity index (χ0) is 23.1. The second-order valence-corrected chi connectivity index (χ2v) is 9.35. The molecule has 166 valence electrons. The molecule has 0 fully saturated rings. The van der Waals surface area contributed by atoms with Crippen LogP contribution in [0.25, 0.3) is 5.57 Å². The van der Waals surface area contributed by atoms with Gasteiger partial charge in [0.2, 0.25) is 0 Å². The van der Waals surface area contributed by atoms with Gasteiger partial charge in [0.1, 0.15) is 12.4 Å². The SMILES string of the molecule is CCC(CC(=O)O)c1ccc(OC/C=C(/c2ccc(Cl)cc2)c2ccc(I)cc2)cc1C. The van der Waals surface area contributed by atoms with Crippen molar-refractivity contribution in [2.75, 3.05) is 6.61 Å². The summed E-state index contributed by atoms with van der Waals surface area (Å²) in [4.78, 5) is 11.2. The maximum Gasteiger partial charge on any atom is 0.303 e. The Hall–Kier alpha value is -2.31. The second-order valence-electron chi connectivity index (χ2n) is 7.66. The molecular weight excluding hydrogens is 535 g/mol. The van der Waals surface area contributed by atoms with Gasteiger partial charge in [-0.3, -0.25) is 4.79 Å². The Labute approximate surface area is 208 Å². The summed E-state index contributed by atoms with van der Waals surface area (Å²) >= 11 is 8.38. The third-order valence-electron chi connectivity index (χ3n) is 5.44. The highest BCUT2D eigenvalue weighted by atomic mass is 127. The molecule has 0 heterocycles. The molecule has 1 N–H and O–H groups in total. The summed E-state index contributed by atoms with van der Waals surface area (Å²) in [6.07, 6.45) is 3.01. The first-order valence-electron chi connectivity index (χ1n) is 10.5. The fourth-order valence-electron chi connectivity index (χ4n) is 3.76. The van der Waals surface area contributed by atoms with Crippen LogP contribution in [0.2, 0.25) is 5.02 Å². The van der Waals surface area contributed by atoms with E-state index in [1.165, 1.54) is 3.57 Å². The highest BCUT2D eigenvalue weighted by Gasteiger charge is 2.16. The molecule has 32 heavy (non-hydrogen) atoms. The lowest BCUT2D eigenvalue weighted by Crippen LogP contribution is -2.07. The number of benzene rings is 3. The Morgan fingerprint density at radius 2 is 1.69 bits per heavy atom. The maximum absolute atomic E-state index is 11.2. The molecule has 1 atom stereocenters. The summed E-state index contributed by atoms with van der Waals surface area (Å²) in [5.74, 6) is 0.0108. The summed E-state index contributed by atoms with van der Waals surface area (Å²) in [6, 6.07) is 22.1. The number of hydrogen-bond acceptors (Lipinski definition) is 2. The molecule has 3 nitrogen and oxygen atoms in total. The van der Waals surface area contributed by atoms with E-state index in [0.29, 0.717) is 11.6 Å². The summed E-state index contributed by atoms with van der Waals surface area (Å²) in [6.45, 7) is 4.44. The molecule has 1 unspecified atom stereocenters. The number of rotatable bonds is 9. The molecule has 5 heteroatoms. The number of ether oxygens (including phenoxy) is 1. The van der Waals surface area contributed by atoms with Crippen LogP contribution in [0, 0.1) is 10.5 Å². The number of carbonyl (C=O) groups is 1. The predicted octanol–water partition coefficient (Wildman–Crippen LogP) is 7.73. The maximum atomic E-state index is 11.2. The van der Waals surface area contributed by atoms with E-state index in [9.17, 15) is 4.79 Å². The lowest BCUT2D eigenvalue weighted by molar-refractivity contribution is -0.137. The molecule has 3 aromatic rings. The molecule has 0 saturated carbocycles. The van der Waals surface area contributed by atoms with Crippen LogP contribution < -0.4 is 4.74 Å². The van der Waals surface area contributed by atoms with Crippen molar-refractivity contribution in [1.29, 1.82) is 0 Å². The van der Waals surface area contributed by atoms with Crippen LogP contribution >= 0.6 is 34.2 Å².